The maximum atomic E-state index is 5.33. The number of aromatic nitrogens is 3. The zero-order valence-corrected chi connectivity index (χ0v) is 14.5. The Morgan fingerprint density at radius 2 is 2.17 bits per heavy atom. The fraction of sp³-hybridized carbons (Fsp3) is 0.312. The van der Waals surface area contributed by atoms with Gasteiger partial charge < -0.3 is 10.1 Å². The van der Waals surface area contributed by atoms with Gasteiger partial charge in [-0.2, -0.15) is 0 Å². The molecule has 3 aromatic heterocycles. The van der Waals surface area contributed by atoms with Crippen LogP contribution in [0.3, 0.4) is 0 Å². The molecular formula is C16H18N4OS2. The molecule has 0 amide bonds. The third-order valence-corrected chi connectivity index (χ3v) is 4.85. The van der Waals surface area contributed by atoms with E-state index in [9.17, 15) is 0 Å². The number of nitrogens with zero attached hydrogens (tertiary/aromatic N) is 3. The molecule has 3 heterocycles. The standard InChI is InChI=1S/C16H18N4OS2/c1-2-21-8-4-6-18-16-19-11-12(13-5-3-9-22-13)14(20-16)15-17-7-10-23-15/h3,5,7,9-11H,2,4,6,8H2,1H3,(H,18,19,20). The van der Waals surface area contributed by atoms with Crippen molar-refractivity contribution in [2.45, 2.75) is 13.3 Å². The average Bonchev–Trinajstić information content (AvgIpc) is 3.28. The van der Waals surface area contributed by atoms with Crippen LogP contribution in [-0.2, 0) is 4.74 Å². The molecule has 0 radical (unpaired) electrons. The first kappa shape index (κ1) is 16.0. The summed E-state index contributed by atoms with van der Waals surface area (Å²) in [5, 5.41) is 8.19. The molecule has 0 fully saturated rings. The minimum Gasteiger partial charge on any atom is -0.382 e. The van der Waals surface area contributed by atoms with Crippen molar-refractivity contribution >= 4 is 28.6 Å². The smallest absolute Gasteiger partial charge is 0.223 e. The first-order valence-corrected chi connectivity index (χ1v) is 9.27. The zero-order chi connectivity index (χ0) is 15.9. The minimum absolute atomic E-state index is 0.631. The van der Waals surface area contributed by atoms with Crippen molar-refractivity contribution in [2.75, 3.05) is 25.1 Å². The van der Waals surface area contributed by atoms with E-state index in [2.05, 4.69) is 31.7 Å². The van der Waals surface area contributed by atoms with Gasteiger partial charge in [-0.05, 0) is 24.8 Å². The fourth-order valence-electron chi connectivity index (χ4n) is 2.10. The van der Waals surface area contributed by atoms with E-state index in [0.29, 0.717) is 5.95 Å². The number of thiophene rings is 1. The highest BCUT2D eigenvalue weighted by Gasteiger charge is 2.14. The zero-order valence-electron chi connectivity index (χ0n) is 12.9. The molecule has 3 rings (SSSR count). The van der Waals surface area contributed by atoms with Crippen LogP contribution in [0.15, 0.2) is 35.3 Å². The Morgan fingerprint density at radius 1 is 1.22 bits per heavy atom. The molecule has 3 aromatic rings. The van der Waals surface area contributed by atoms with E-state index in [1.807, 2.05) is 24.6 Å². The Bertz CT molecular complexity index is 714. The molecule has 7 heteroatoms. The van der Waals surface area contributed by atoms with Crippen LogP contribution < -0.4 is 5.32 Å². The van der Waals surface area contributed by atoms with Crippen LogP contribution >= 0.6 is 22.7 Å². The monoisotopic (exact) mass is 346 g/mol. The van der Waals surface area contributed by atoms with Crippen LogP contribution in [0.4, 0.5) is 5.95 Å². The normalized spacial score (nSPS) is 10.8. The van der Waals surface area contributed by atoms with E-state index >= 15 is 0 Å². The van der Waals surface area contributed by atoms with Crippen molar-refractivity contribution in [1.29, 1.82) is 0 Å². The van der Waals surface area contributed by atoms with Crippen LogP contribution in [0.5, 0.6) is 0 Å². The van der Waals surface area contributed by atoms with E-state index in [4.69, 9.17) is 4.74 Å². The number of ether oxygens (including phenoxy) is 1. The van der Waals surface area contributed by atoms with E-state index in [-0.39, 0.29) is 0 Å². The quantitative estimate of drug-likeness (QED) is 0.620. The lowest BCUT2D eigenvalue weighted by Gasteiger charge is -2.09. The number of nitrogens with one attached hydrogen (secondary N) is 1. The Hall–Kier alpha value is -1.83. The average molecular weight is 346 g/mol. The molecule has 0 aliphatic rings. The van der Waals surface area contributed by atoms with Crippen LogP contribution in [-0.4, -0.2) is 34.7 Å². The first-order chi connectivity index (χ1) is 11.4. The topological polar surface area (TPSA) is 59.9 Å². The Labute approximate surface area is 143 Å². The second-order valence-electron chi connectivity index (χ2n) is 4.75. The highest BCUT2D eigenvalue weighted by atomic mass is 32.1. The predicted molar refractivity (Wildman–Crippen MR) is 96.1 cm³/mol. The maximum absolute atomic E-state index is 5.33. The summed E-state index contributed by atoms with van der Waals surface area (Å²) in [4.78, 5) is 14.7. The van der Waals surface area contributed by atoms with Gasteiger partial charge in [0.1, 0.15) is 10.7 Å². The molecule has 0 aliphatic carbocycles. The SMILES string of the molecule is CCOCCCNc1ncc(-c2cccs2)c(-c2nccs2)n1. The lowest BCUT2D eigenvalue weighted by Crippen LogP contribution is -2.09. The maximum Gasteiger partial charge on any atom is 0.223 e. The molecule has 0 saturated carbocycles. The largest absolute Gasteiger partial charge is 0.382 e. The van der Waals surface area contributed by atoms with E-state index in [1.165, 1.54) is 0 Å². The van der Waals surface area contributed by atoms with Gasteiger partial charge in [-0.3, -0.25) is 0 Å². The van der Waals surface area contributed by atoms with Gasteiger partial charge in [0.05, 0.1) is 0 Å². The molecule has 0 aromatic carbocycles. The fourth-order valence-corrected chi connectivity index (χ4v) is 3.48. The number of hydrogen-bond donors (Lipinski definition) is 1. The lowest BCUT2D eigenvalue weighted by molar-refractivity contribution is 0.147. The molecule has 0 saturated heterocycles. The predicted octanol–water partition coefficient (Wildman–Crippen LogP) is 4.17. The molecule has 0 atom stereocenters. The van der Waals surface area contributed by atoms with Gasteiger partial charge in [-0.25, -0.2) is 15.0 Å². The van der Waals surface area contributed by atoms with Gasteiger partial charge in [0.2, 0.25) is 5.95 Å². The van der Waals surface area contributed by atoms with Crippen LogP contribution in [0, 0.1) is 0 Å². The Balaban J connectivity index is 1.80. The summed E-state index contributed by atoms with van der Waals surface area (Å²) < 4.78 is 5.33. The van der Waals surface area contributed by atoms with Gasteiger partial charge >= 0.3 is 0 Å². The summed E-state index contributed by atoms with van der Waals surface area (Å²) in [6.07, 6.45) is 4.60. The number of hydrogen-bond acceptors (Lipinski definition) is 7. The highest BCUT2D eigenvalue weighted by Crippen LogP contribution is 2.34. The number of rotatable bonds is 8. The Kier molecular flexibility index (Phi) is 5.68. The Morgan fingerprint density at radius 3 is 2.91 bits per heavy atom. The van der Waals surface area contributed by atoms with E-state index < -0.39 is 0 Å². The summed E-state index contributed by atoms with van der Waals surface area (Å²) >= 11 is 3.27. The van der Waals surface area contributed by atoms with Gasteiger partial charge in [0.25, 0.3) is 0 Å². The van der Waals surface area contributed by atoms with Crippen molar-refractivity contribution in [3.05, 3.63) is 35.3 Å². The van der Waals surface area contributed by atoms with Crippen molar-refractivity contribution in [1.82, 2.24) is 15.0 Å². The second-order valence-corrected chi connectivity index (χ2v) is 6.59. The van der Waals surface area contributed by atoms with Gasteiger partial charge in [0, 0.05) is 48.0 Å². The summed E-state index contributed by atoms with van der Waals surface area (Å²) in [7, 11) is 0. The van der Waals surface area contributed by atoms with Crippen molar-refractivity contribution in [3.8, 4) is 21.1 Å². The first-order valence-electron chi connectivity index (χ1n) is 7.51. The molecule has 0 aliphatic heterocycles. The van der Waals surface area contributed by atoms with Crippen molar-refractivity contribution < 1.29 is 4.74 Å². The van der Waals surface area contributed by atoms with Crippen LogP contribution in [0.25, 0.3) is 21.1 Å². The van der Waals surface area contributed by atoms with Gasteiger partial charge in [0.15, 0.2) is 0 Å². The van der Waals surface area contributed by atoms with Crippen LogP contribution in [0.2, 0.25) is 0 Å². The summed E-state index contributed by atoms with van der Waals surface area (Å²) in [5.41, 5.74) is 1.90. The summed E-state index contributed by atoms with van der Waals surface area (Å²) in [5.74, 6) is 0.631. The molecular weight excluding hydrogens is 328 g/mol. The van der Waals surface area contributed by atoms with Gasteiger partial charge in [-0.1, -0.05) is 6.07 Å². The van der Waals surface area contributed by atoms with Crippen molar-refractivity contribution in [2.24, 2.45) is 0 Å². The molecule has 5 nitrogen and oxygen atoms in total. The number of thiazole rings is 1. The van der Waals surface area contributed by atoms with Crippen LogP contribution in [0.1, 0.15) is 13.3 Å². The minimum atomic E-state index is 0.631. The number of anilines is 1. The van der Waals surface area contributed by atoms with Crippen molar-refractivity contribution in [3.63, 3.8) is 0 Å². The summed E-state index contributed by atoms with van der Waals surface area (Å²) in [6, 6.07) is 4.11. The molecule has 23 heavy (non-hydrogen) atoms. The molecule has 120 valence electrons. The highest BCUT2D eigenvalue weighted by molar-refractivity contribution is 7.14. The third kappa shape index (κ3) is 4.13. The third-order valence-electron chi connectivity index (χ3n) is 3.16. The summed E-state index contributed by atoms with van der Waals surface area (Å²) in [6.45, 7) is 4.28. The molecule has 0 unspecified atom stereocenters. The molecule has 0 spiro atoms. The molecule has 0 bridgehead atoms. The van der Waals surface area contributed by atoms with E-state index in [0.717, 1.165) is 47.3 Å². The molecule has 1 N–H and O–H groups in total. The van der Waals surface area contributed by atoms with Gasteiger partial charge in [-0.15, -0.1) is 22.7 Å². The second kappa shape index (κ2) is 8.14. The lowest BCUT2D eigenvalue weighted by atomic mass is 10.2. The van der Waals surface area contributed by atoms with E-state index in [1.54, 1.807) is 28.9 Å².